The molecule has 0 saturated heterocycles. The summed E-state index contributed by atoms with van der Waals surface area (Å²) in [4.78, 5) is 38.4. The first-order chi connectivity index (χ1) is 9.30. The summed E-state index contributed by atoms with van der Waals surface area (Å²) < 4.78 is 0. The van der Waals surface area contributed by atoms with Crippen molar-refractivity contribution in [3.63, 3.8) is 0 Å². The maximum Gasteiger partial charge on any atom is 0.271 e. The Hall–Kier alpha value is -2.44. The summed E-state index contributed by atoms with van der Waals surface area (Å²) in [6.45, 7) is 5.02. The molecule has 0 atom stereocenters. The van der Waals surface area contributed by atoms with Crippen LogP contribution in [-0.2, 0) is 9.59 Å². The van der Waals surface area contributed by atoms with Crippen molar-refractivity contribution in [3.05, 3.63) is 30.1 Å². The Morgan fingerprint density at radius 2 is 1.90 bits per heavy atom. The number of hydrogen-bond donors (Lipinski definition) is 3. The lowest BCUT2D eigenvalue weighted by Crippen LogP contribution is -2.47. The number of carbonyl (C=O) groups excluding carboxylic acids is 3. The van der Waals surface area contributed by atoms with E-state index in [1.165, 1.54) is 12.4 Å². The number of carbonyl (C=O) groups is 3. The molecule has 0 saturated carbocycles. The minimum Gasteiger partial charge on any atom is -0.347 e. The molecule has 1 heterocycles. The lowest BCUT2D eigenvalue weighted by atomic mass is 9.96. The van der Waals surface area contributed by atoms with Gasteiger partial charge in [0.05, 0.1) is 12.1 Å². The molecule has 0 aliphatic carbocycles. The van der Waals surface area contributed by atoms with Crippen LogP contribution in [0.3, 0.4) is 0 Å². The molecule has 20 heavy (non-hydrogen) atoms. The molecule has 7 heteroatoms. The minimum atomic E-state index is -0.570. The molecule has 7 nitrogen and oxygen atoms in total. The van der Waals surface area contributed by atoms with Crippen molar-refractivity contribution in [3.8, 4) is 0 Å². The van der Waals surface area contributed by atoms with E-state index in [2.05, 4.69) is 21.2 Å². The molecule has 0 aromatic carbocycles. The quantitative estimate of drug-likeness (QED) is 0.678. The molecule has 0 aliphatic rings. The number of nitrogens with one attached hydrogen (secondary N) is 3. The van der Waals surface area contributed by atoms with Gasteiger partial charge in [0.1, 0.15) is 0 Å². The summed E-state index contributed by atoms with van der Waals surface area (Å²) in [5.74, 6) is -1.24. The van der Waals surface area contributed by atoms with Gasteiger partial charge >= 0.3 is 0 Å². The maximum atomic E-state index is 11.6. The second-order valence-electron chi connectivity index (χ2n) is 5.18. The standard InChI is InChI=1S/C13H18N4O3/c1-13(2,3)12(20)15-8-10(18)16-17-11(19)9-5-4-6-14-7-9/h4-7H,8H2,1-3H3,(H,15,20)(H,16,18)(H,17,19). The lowest BCUT2D eigenvalue weighted by molar-refractivity contribution is -0.131. The van der Waals surface area contributed by atoms with Gasteiger partial charge in [-0.25, -0.2) is 0 Å². The molecule has 3 amide bonds. The van der Waals surface area contributed by atoms with Crippen LogP contribution in [0.25, 0.3) is 0 Å². The summed E-state index contributed by atoms with van der Waals surface area (Å²) in [7, 11) is 0. The van der Waals surface area contributed by atoms with E-state index >= 15 is 0 Å². The van der Waals surface area contributed by atoms with Crippen LogP contribution in [-0.4, -0.2) is 29.3 Å². The van der Waals surface area contributed by atoms with Crippen molar-refractivity contribution < 1.29 is 14.4 Å². The topological polar surface area (TPSA) is 100 Å². The summed E-state index contributed by atoms with van der Waals surface area (Å²) in [5, 5.41) is 2.47. The van der Waals surface area contributed by atoms with Crippen LogP contribution in [0.15, 0.2) is 24.5 Å². The Kier molecular flexibility index (Phi) is 5.19. The van der Waals surface area contributed by atoms with E-state index in [-0.39, 0.29) is 12.5 Å². The van der Waals surface area contributed by atoms with Gasteiger partial charge in [-0.1, -0.05) is 20.8 Å². The van der Waals surface area contributed by atoms with Gasteiger partial charge in [-0.05, 0) is 12.1 Å². The summed E-state index contributed by atoms with van der Waals surface area (Å²) >= 11 is 0. The zero-order chi connectivity index (χ0) is 15.2. The van der Waals surface area contributed by atoms with Gasteiger partial charge in [0.15, 0.2) is 0 Å². The van der Waals surface area contributed by atoms with Crippen molar-refractivity contribution in [1.82, 2.24) is 21.2 Å². The summed E-state index contributed by atoms with van der Waals surface area (Å²) in [6, 6.07) is 3.18. The third-order valence-corrected chi connectivity index (χ3v) is 2.33. The average Bonchev–Trinajstić information content (AvgIpc) is 2.41. The van der Waals surface area contributed by atoms with Gasteiger partial charge in [-0.15, -0.1) is 0 Å². The molecule has 108 valence electrons. The van der Waals surface area contributed by atoms with Gasteiger partial charge in [-0.2, -0.15) is 0 Å². The smallest absolute Gasteiger partial charge is 0.271 e. The van der Waals surface area contributed by atoms with E-state index in [9.17, 15) is 14.4 Å². The number of amides is 3. The largest absolute Gasteiger partial charge is 0.347 e. The highest BCUT2D eigenvalue weighted by Gasteiger charge is 2.21. The molecule has 0 radical (unpaired) electrons. The van der Waals surface area contributed by atoms with Crippen LogP contribution in [0, 0.1) is 5.41 Å². The molecular formula is C13H18N4O3. The molecule has 1 aromatic rings. The lowest BCUT2D eigenvalue weighted by Gasteiger charge is -2.17. The van der Waals surface area contributed by atoms with E-state index in [1.807, 2.05) is 0 Å². The first kappa shape index (κ1) is 15.6. The Bertz CT molecular complexity index is 494. The molecule has 1 aromatic heterocycles. The van der Waals surface area contributed by atoms with Crippen LogP contribution in [0.1, 0.15) is 31.1 Å². The number of hydrazine groups is 1. The molecule has 3 N–H and O–H groups in total. The number of nitrogens with zero attached hydrogens (tertiary/aromatic N) is 1. The van der Waals surface area contributed by atoms with Crippen molar-refractivity contribution in [2.75, 3.05) is 6.54 Å². The number of rotatable bonds is 3. The molecule has 0 aliphatic heterocycles. The highest BCUT2D eigenvalue weighted by atomic mass is 16.2. The first-order valence-electron chi connectivity index (χ1n) is 6.08. The van der Waals surface area contributed by atoms with E-state index in [0.29, 0.717) is 5.56 Å². The fourth-order valence-corrected chi connectivity index (χ4v) is 1.17. The summed E-state index contributed by atoms with van der Waals surface area (Å²) in [5.41, 5.74) is 4.19. The molecule has 1 rings (SSSR count). The Morgan fingerprint density at radius 3 is 2.45 bits per heavy atom. The molecule has 0 spiro atoms. The number of hydrogen-bond acceptors (Lipinski definition) is 4. The molecule has 0 unspecified atom stereocenters. The van der Waals surface area contributed by atoms with Crippen molar-refractivity contribution in [2.45, 2.75) is 20.8 Å². The monoisotopic (exact) mass is 278 g/mol. The third-order valence-electron chi connectivity index (χ3n) is 2.33. The van der Waals surface area contributed by atoms with E-state index in [0.717, 1.165) is 0 Å². The normalized spacial score (nSPS) is 10.6. The first-order valence-corrected chi connectivity index (χ1v) is 6.08. The average molecular weight is 278 g/mol. The number of pyridine rings is 1. The molecule has 0 bridgehead atoms. The van der Waals surface area contributed by atoms with Crippen LogP contribution in [0.5, 0.6) is 0 Å². The van der Waals surface area contributed by atoms with E-state index in [1.54, 1.807) is 32.9 Å². The molecule has 0 fully saturated rings. The predicted molar refractivity (Wildman–Crippen MR) is 72.3 cm³/mol. The number of aromatic nitrogens is 1. The van der Waals surface area contributed by atoms with E-state index in [4.69, 9.17) is 0 Å². The second-order valence-corrected chi connectivity index (χ2v) is 5.18. The van der Waals surface area contributed by atoms with E-state index < -0.39 is 17.2 Å². The SMILES string of the molecule is CC(C)(C)C(=O)NCC(=O)NNC(=O)c1cccnc1. The Balaban J connectivity index is 2.34. The van der Waals surface area contributed by atoms with Gasteiger partial charge in [-0.3, -0.25) is 30.2 Å². The zero-order valence-electron chi connectivity index (χ0n) is 11.7. The maximum absolute atomic E-state index is 11.6. The fraction of sp³-hybridized carbons (Fsp3) is 0.385. The van der Waals surface area contributed by atoms with Gasteiger partial charge < -0.3 is 5.32 Å². The Labute approximate surface area is 117 Å². The van der Waals surface area contributed by atoms with Crippen molar-refractivity contribution in [2.24, 2.45) is 5.41 Å². The Morgan fingerprint density at radius 1 is 1.20 bits per heavy atom. The minimum absolute atomic E-state index is 0.205. The highest BCUT2D eigenvalue weighted by molar-refractivity contribution is 5.95. The van der Waals surface area contributed by atoms with Crippen LogP contribution in [0.4, 0.5) is 0 Å². The van der Waals surface area contributed by atoms with Gasteiger partial charge in [0.25, 0.3) is 11.8 Å². The predicted octanol–water partition coefficient (Wildman–Crippen LogP) is 0.00490. The van der Waals surface area contributed by atoms with Crippen LogP contribution >= 0.6 is 0 Å². The van der Waals surface area contributed by atoms with Gasteiger partial charge in [0, 0.05) is 17.8 Å². The van der Waals surface area contributed by atoms with Crippen LogP contribution < -0.4 is 16.2 Å². The highest BCUT2D eigenvalue weighted by Crippen LogP contribution is 2.11. The van der Waals surface area contributed by atoms with Crippen LogP contribution in [0.2, 0.25) is 0 Å². The molecular weight excluding hydrogens is 260 g/mol. The summed E-state index contributed by atoms with van der Waals surface area (Å²) in [6.07, 6.45) is 2.92. The third kappa shape index (κ3) is 5.05. The van der Waals surface area contributed by atoms with Crippen molar-refractivity contribution >= 4 is 17.7 Å². The second kappa shape index (κ2) is 6.65. The zero-order valence-corrected chi connectivity index (χ0v) is 11.7. The fourth-order valence-electron chi connectivity index (χ4n) is 1.17. The van der Waals surface area contributed by atoms with Crippen molar-refractivity contribution in [1.29, 1.82) is 0 Å². The van der Waals surface area contributed by atoms with Gasteiger partial charge in [0.2, 0.25) is 5.91 Å².